The van der Waals surface area contributed by atoms with E-state index in [2.05, 4.69) is 37.9 Å². The molecule has 8 nitrogen and oxygen atoms in total. The Morgan fingerprint density at radius 2 is 1.52 bits per heavy atom. The van der Waals surface area contributed by atoms with E-state index in [0.717, 1.165) is 70.8 Å². The highest BCUT2D eigenvalue weighted by Crippen LogP contribution is 2.88. The maximum absolute atomic E-state index is 14.5. The van der Waals surface area contributed by atoms with Crippen LogP contribution in [0.25, 0.3) is 0 Å². The van der Waals surface area contributed by atoms with Crippen molar-refractivity contribution in [1.82, 2.24) is 15.1 Å². The highest BCUT2D eigenvalue weighted by Gasteiger charge is 2.85. The number of ketones is 1. The van der Waals surface area contributed by atoms with Crippen molar-refractivity contribution >= 4 is 23.6 Å². The molecule has 2 amide bonds. The number of hydrogen-bond donors (Lipinski definition) is 2. The van der Waals surface area contributed by atoms with Gasteiger partial charge in [-0.3, -0.25) is 19.3 Å². The van der Waals surface area contributed by atoms with E-state index >= 15 is 0 Å². The first-order valence-corrected chi connectivity index (χ1v) is 17.7. The Balaban J connectivity index is 1.37. The van der Waals surface area contributed by atoms with E-state index in [0.29, 0.717) is 13.0 Å². The number of carboxylic acids is 1. The molecule has 5 atom stereocenters. The lowest BCUT2D eigenvalue weighted by atomic mass is 9.73. The highest BCUT2D eigenvalue weighted by molar-refractivity contribution is 5.95. The van der Waals surface area contributed by atoms with Gasteiger partial charge in [0.25, 0.3) is 0 Å². The molecule has 3 aliphatic carbocycles. The number of nitrogens with zero attached hydrogens (tertiary/aromatic N) is 2. The van der Waals surface area contributed by atoms with Gasteiger partial charge < -0.3 is 15.3 Å². The van der Waals surface area contributed by atoms with Crippen LogP contribution >= 0.6 is 0 Å². The number of nitrogens with one attached hydrogen (secondary N) is 1. The van der Waals surface area contributed by atoms with Crippen molar-refractivity contribution in [1.29, 1.82) is 0 Å². The van der Waals surface area contributed by atoms with Crippen LogP contribution in [0.15, 0.2) is 0 Å². The van der Waals surface area contributed by atoms with E-state index in [1.807, 2.05) is 20.8 Å². The fourth-order valence-electron chi connectivity index (χ4n) is 10.4. The zero-order chi connectivity index (χ0) is 32.2. The fourth-order valence-corrected chi connectivity index (χ4v) is 10.4. The van der Waals surface area contributed by atoms with Crippen LogP contribution in [0.2, 0.25) is 0 Å². The maximum atomic E-state index is 14.5. The van der Waals surface area contributed by atoms with Crippen LogP contribution < -0.4 is 5.32 Å². The number of hydrogen-bond acceptors (Lipinski definition) is 5. The molecule has 2 aliphatic heterocycles. The van der Waals surface area contributed by atoms with Crippen molar-refractivity contribution in [2.24, 2.45) is 33.5 Å². The van der Waals surface area contributed by atoms with E-state index in [1.165, 1.54) is 6.42 Å². The second kappa shape index (κ2) is 12.0. The molecule has 5 aliphatic rings. The summed E-state index contributed by atoms with van der Waals surface area (Å²) in [7, 11) is 0. The zero-order valence-corrected chi connectivity index (χ0v) is 28.5. The van der Waals surface area contributed by atoms with Gasteiger partial charge in [0.2, 0.25) is 11.8 Å². The molecule has 2 saturated heterocycles. The molecule has 8 heteroatoms. The number of carbonyl (C=O) groups is 4. The third kappa shape index (κ3) is 5.43. The summed E-state index contributed by atoms with van der Waals surface area (Å²) in [6.07, 6.45) is 11.8. The van der Waals surface area contributed by atoms with Gasteiger partial charge in [0.15, 0.2) is 5.78 Å². The van der Waals surface area contributed by atoms with Crippen molar-refractivity contribution in [3.63, 3.8) is 0 Å². The molecule has 0 bridgehead atoms. The lowest BCUT2D eigenvalue weighted by Crippen LogP contribution is -2.57. The molecule has 1 unspecified atom stereocenters. The van der Waals surface area contributed by atoms with Gasteiger partial charge in [-0.1, -0.05) is 66.7 Å². The number of amides is 2. The Bertz CT molecular complexity index is 1130. The normalized spacial score (nSPS) is 31.5. The fraction of sp³-hybridized carbons (Fsp3) is 0.889. The van der Waals surface area contributed by atoms with Gasteiger partial charge >= 0.3 is 5.97 Å². The smallest absolute Gasteiger partial charge is 0.326 e. The summed E-state index contributed by atoms with van der Waals surface area (Å²) in [6, 6.07) is -1.46. The van der Waals surface area contributed by atoms with Crippen LogP contribution in [0.1, 0.15) is 132 Å². The Morgan fingerprint density at radius 1 is 0.886 bits per heavy atom. The first kappa shape index (κ1) is 33.4. The predicted octanol–water partition coefficient (Wildman–Crippen LogP) is 5.82. The molecule has 2 heterocycles. The Kier molecular flexibility index (Phi) is 9.11. The molecule has 0 radical (unpaired) electrons. The van der Waals surface area contributed by atoms with Gasteiger partial charge in [0.05, 0.1) is 12.1 Å². The molecule has 3 saturated carbocycles. The topological polar surface area (TPSA) is 107 Å². The van der Waals surface area contributed by atoms with Crippen molar-refractivity contribution in [2.45, 2.75) is 156 Å². The van der Waals surface area contributed by atoms with Crippen LogP contribution in [0.4, 0.5) is 0 Å². The molecule has 44 heavy (non-hydrogen) atoms. The summed E-state index contributed by atoms with van der Waals surface area (Å²) in [5, 5.41) is 13.6. The largest absolute Gasteiger partial charge is 0.480 e. The Hall–Kier alpha value is -1.96. The van der Waals surface area contributed by atoms with E-state index in [-0.39, 0.29) is 58.3 Å². The van der Waals surface area contributed by atoms with Crippen LogP contribution in [0.5, 0.6) is 0 Å². The number of carbonyl (C=O) groups excluding carboxylic acids is 3. The highest BCUT2D eigenvalue weighted by atomic mass is 16.4. The monoisotopic (exact) mass is 613 g/mol. The first-order chi connectivity index (χ1) is 20.6. The minimum absolute atomic E-state index is 0.00732. The predicted molar refractivity (Wildman–Crippen MR) is 171 cm³/mol. The average Bonchev–Trinajstić information content (AvgIpc) is 3.18. The molecular weight excluding hydrogens is 554 g/mol. The van der Waals surface area contributed by atoms with Crippen LogP contribution in [-0.4, -0.2) is 75.7 Å². The molecule has 2 N–H and O–H groups in total. The summed E-state index contributed by atoms with van der Waals surface area (Å²) >= 11 is 0. The molecular formula is C36H59N3O5. The zero-order valence-electron chi connectivity index (χ0n) is 28.5. The molecule has 5 rings (SSSR count). The van der Waals surface area contributed by atoms with Crippen molar-refractivity contribution in [3.8, 4) is 0 Å². The number of fused-ring (bicyclic) bond motifs is 1. The molecule has 5 fully saturated rings. The van der Waals surface area contributed by atoms with Gasteiger partial charge in [-0.05, 0) is 87.5 Å². The summed E-state index contributed by atoms with van der Waals surface area (Å²) < 4.78 is 0. The van der Waals surface area contributed by atoms with Crippen molar-refractivity contribution in [3.05, 3.63) is 0 Å². The lowest BCUT2D eigenvalue weighted by Gasteiger charge is -2.40. The maximum Gasteiger partial charge on any atom is 0.326 e. The van der Waals surface area contributed by atoms with Gasteiger partial charge in [0, 0.05) is 30.3 Å². The van der Waals surface area contributed by atoms with Gasteiger partial charge in [-0.2, -0.15) is 0 Å². The van der Waals surface area contributed by atoms with E-state index in [1.54, 1.807) is 4.90 Å². The summed E-state index contributed by atoms with van der Waals surface area (Å²) in [5.41, 5.74) is -0.565. The van der Waals surface area contributed by atoms with Crippen molar-refractivity contribution < 1.29 is 24.3 Å². The van der Waals surface area contributed by atoms with Crippen LogP contribution in [0.3, 0.4) is 0 Å². The minimum atomic E-state index is -0.944. The third-order valence-corrected chi connectivity index (χ3v) is 13.4. The minimum Gasteiger partial charge on any atom is -0.480 e. The second-order valence-corrected chi connectivity index (χ2v) is 17.0. The Morgan fingerprint density at radius 3 is 2.05 bits per heavy atom. The van der Waals surface area contributed by atoms with E-state index in [9.17, 15) is 24.3 Å². The quantitative estimate of drug-likeness (QED) is 0.340. The van der Waals surface area contributed by atoms with Gasteiger partial charge in [-0.25, -0.2) is 4.79 Å². The number of likely N-dealkylation sites (tertiary alicyclic amines) is 2. The number of piperidine rings is 1. The summed E-state index contributed by atoms with van der Waals surface area (Å²) in [5.74, 6) is -1.88. The first-order valence-electron chi connectivity index (χ1n) is 17.7. The molecule has 0 aromatic heterocycles. The molecule has 248 valence electrons. The van der Waals surface area contributed by atoms with Gasteiger partial charge in [-0.15, -0.1) is 0 Å². The molecule has 2 spiro atoms. The average molecular weight is 614 g/mol. The molecule has 0 aromatic rings. The third-order valence-electron chi connectivity index (χ3n) is 13.4. The van der Waals surface area contributed by atoms with E-state index in [4.69, 9.17) is 0 Å². The van der Waals surface area contributed by atoms with Crippen molar-refractivity contribution in [2.75, 3.05) is 13.1 Å². The van der Waals surface area contributed by atoms with E-state index < -0.39 is 29.4 Å². The number of aliphatic carboxylic acids is 1. The van der Waals surface area contributed by atoms with Crippen LogP contribution in [0, 0.1) is 33.5 Å². The number of rotatable bonds is 9. The summed E-state index contributed by atoms with van der Waals surface area (Å²) in [6.45, 7) is 16.1. The number of carboxylic acid groups (broad SMARTS) is 1. The van der Waals surface area contributed by atoms with Crippen LogP contribution in [-0.2, 0) is 19.2 Å². The Labute approximate surface area is 265 Å². The number of Topliss-reactive ketones (excluding diaryl/α,β-unsaturated/α-hetero) is 1. The van der Waals surface area contributed by atoms with Gasteiger partial charge in [0.1, 0.15) is 6.04 Å². The molecule has 0 aromatic carbocycles. The lowest BCUT2D eigenvalue weighted by molar-refractivity contribution is -0.152. The summed E-state index contributed by atoms with van der Waals surface area (Å²) in [4.78, 5) is 59.1. The second-order valence-electron chi connectivity index (χ2n) is 17.0. The SMILES string of the molecule is CC(C)N1CCCCC1C(=O)N[C@H](C(=O)C[C@H](C(=O)N1C[C@]2(C[C@H]1C(=O)O)C(C)(C)C21CCC1)C(C)(C)C)C1CCCCC1. The standard InChI is InChI=1S/C36H59N3O5/c1-23(2)38-19-12-11-16-26(38)30(41)37-29(24-14-9-8-10-15-24)28(40)20-25(33(3,4)5)31(42)39-22-36(21-27(39)32(43)44)34(6,7)35(36)17-13-18-35/h23-27,29H,8-22H2,1-7H3,(H,37,41)(H,43,44)/t25-,26?,27+,29+,36-/m1/s1.